The van der Waals surface area contributed by atoms with E-state index in [9.17, 15) is 0 Å². The van der Waals surface area contributed by atoms with Gasteiger partial charge >= 0.3 is 0 Å². The summed E-state index contributed by atoms with van der Waals surface area (Å²) < 4.78 is 0. The third-order valence-corrected chi connectivity index (χ3v) is 1.29. The van der Waals surface area contributed by atoms with E-state index >= 15 is 0 Å². The molecule has 0 aromatic carbocycles. The monoisotopic (exact) mass is 120 g/mol. The molecule has 0 aliphatic carbocycles. The Labute approximate surface area is 48.2 Å². The maximum absolute atomic E-state index is 5.69. The summed E-state index contributed by atoms with van der Waals surface area (Å²) in [6.45, 7) is 2.78. The molecule has 0 amide bonds. The van der Waals surface area contributed by atoms with Gasteiger partial charge in [0.25, 0.3) is 0 Å². The van der Waals surface area contributed by atoms with E-state index in [2.05, 4.69) is 10.6 Å². The molecule has 0 aromatic heterocycles. The van der Waals surface area contributed by atoms with Crippen molar-refractivity contribution in [2.45, 2.75) is 5.38 Å². The minimum Gasteiger partial charge on any atom is -0.303 e. The van der Waals surface area contributed by atoms with E-state index in [1.54, 1.807) is 0 Å². The van der Waals surface area contributed by atoms with Crippen LogP contribution in [0.3, 0.4) is 0 Å². The molecule has 1 heterocycles. The van der Waals surface area contributed by atoms with Gasteiger partial charge in [-0.15, -0.1) is 11.6 Å². The fourth-order valence-corrected chi connectivity index (χ4v) is 0.836. The summed E-state index contributed by atoms with van der Waals surface area (Å²) in [6.07, 6.45) is 0. The zero-order chi connectivity index (χ0) is 5.11. The fourth-order valence-electron chi connectivity index (χ4n) is 0.618. The lowest BCUT2D eigenvalue weighted by atomic mass is 10.4. The average Bonchev–Trinajstić information content (AvgIpc) is 1.69. The number of halogens is 1. The van der Waals surface area contributed by atoms with Gasteiger partial charge in [-0.05, 0) is 0 Å². The van der Waals surface area contributed by atoms with Crippen LogP contribution in [0.4, 0.5) is 0 Å². The summed E-state index contributed by atoms with van der Waals surface area (Å²) in [5, 5.41) is 6.47. The largest absolute Gasteiger partial charge is 0.303 e. The van der Waals surface area contributed by atoms with E-state index in [0.29, 0.717) is 0 Å². The van der Waals surface area contributed by atoms with Crippen LogP contribution in [-0.2, 0) is 0 Å². The lowest BCUT2D eigenvalue weighted by Gasteiger charge is -2.17. The SMILES string of the molecule is ClC1CNCNC1. The molecule has 0 radical (unpaired) electrons. The molecule has 0 unspecified atom stereocenters. The smallest absolute Gasteiger partial charge is 0.0585 e. The van der Waals surface area contributed by atoms with Gasteiger partial charge in [0.2, 0.25) is 0 Å². The highest BCUT2D eigenvalue weighted by molar-refractivity contribution is 6.21. The van der Waals surface area contributed by atoms with E-state index < -0.39 is 0 Å². The molecule has 0 bridgehead atoms. The van der Waals surface area contributed by atoms with E-state index in [0.717, 1.165) is 19.8 Å². The first-order valence-corrected chi connectivity index (χ1v) is 2.89. The highest BCUT2D eigenvalue weighted by atomic mass is 35.5. The Morgan fingerprint density at radius 2 is 1.86 bits per heavy atom. The zero-order valence-electron chi connectivity index (χ0n) is 4.08. The molecule has 2 nitrogen and oxygen atoms in total. The molecule has 2 N–H and O–H groups in total. The molecule has 1 aliphatic heterocycles. The van der Waals surface area contributed by atoms with Crippen molar-refractivity contribution in [3.05, 3.63) is 0 Å². The Hall–Kier alpha value is 0.210. The van der Waals surface area contributed by atoms with Crippen molar-refractivity contribution < 1.29 is 0 Å². The van der Waals surface area contributed by atoms with Gasteiger partial charge in [-0.3, -0.25) is 0 Å². The quantitative estimate of drug-likeness (QED) is 0.431. The topological polar surface area (TPSA) is 24.1 Å². The Bertz CT molecular complexity index is 51.7. The van der Waals surface area contributed by atoms with Crippen molar-refractivity contribution in [2.75, 3.05) is 19.8 Å². The van der Waals surface area contributed by atoms with Crippen LogP contribution in [0.25, 0.3) is 0 Å². The molecule has 0 atom stereocenters. The van der Waals surface area contributed by atoms with Crippen LogP contribution < -0.4 is 10.6 Å². The number of alkyl halides is 1. The molecular weight excluding hydrogens is 112 g/mol. The van der Waals surface area contributed by atoms with Crippen molar-refractivity contribution in [2.24, 2.45) is 0 Å². The van der Waals surface area contributed by atoms with Crippen LogP contribution in [0.1, 0.15) is 0 Å². The van der Waals surface area contributed by atoms with Crippen molar-refractivity contribution >= 4 is 11.6 Å². The highest BCUT2D eigenvalue weighted by Crippen LogP contribution is 1.92. The third kappa shape index (κ3) is 1.63. The zero-order valence-corrected chi connectivity index (χ0v) is 4.83. The van der Waals surface area contributed by atoms with Crippen molar-refractivity contribution in [3.63, 3.8) is 0 Å². The van der Waals surface area contributed by atoms with Crippen LogP contribution in [-0.4, -0.2) is 25.1 Å². The normalized spacial score (nSPS) is 25.3. The molecule has 1 fully saturated rings. The lowest BCUT2D eigenvalue weighted by molar-refractivity contribution is 0.501. The third-order valence-electron chi connectivity index (χ3n) is 0.982. The van der Waals surface area contributed by atoms with E-state index in [1.807, 2.05) is 0 Å². The van der Waals surface area contributed by atoms with Gasteiger partial charge in [0, 0.05) is 19.8 Å². The van der Waals surface area contributed by atoms with Gasteiger partial charge in [-0.1, -0.05) is 0 Å². The summed E-state index contributed by atoms with van der Waals surface area (Å²) >= 11 is 5.69. The molecular formula is C4H9ClN2. The standard InChI is InChI=1S/C4H9ClN2/c5-4-1-6-3-7-2-4/h4,6-7H,1-3H2. The number of hydrogen-bond acceptors (Lipinski definition) is 2. The van der Waals surface area contributed by atoms with Gasteiger partial charge in [0.15, 0.2) is 0 Å². The maximum Gasteiger partial charge on any atom is 0.0585 e. The summed E-state index contributed by atoms with van der Waals surface area (Å²) in [6, 6.07) is 0. The first kappa shape index (κ1) is 5.35. The summed E-state index contributed by atoms with van der Waals surface area (Å²) in [5.74, 6) is 0. The van der Waals surface area contributed by atoms with E-state index in [1.165, 1.54) is 0 Å². The molecule has 0 aromatic rings. The second-order valence-electron chi connectivity index (χ2n) is 1.68. The minimum atomic E-state index is 0.286. The molecule has 0 spiro atoms. The van der Waals surface area contributed by atoms with Crippen molar-refractivity contribution in [1.82, 2.24) is 10.6 Å². The van der Waals surface area contributed by atoms with E-state index in [4.69, 9.17) is 11.6 Å². The molecule has 1 saturated heterocycles. The Morgan fingerprint density at radius 3 is 2.14 bits per heavy atom. The highest BCUT2D eigenvalue weighted by Gasteiger charge is 2.06. The van der Waals surface area contributed by atoms with Crippen LogP contribution in [0.2, 0.25) is 0 Å². The Morgan fingerprint density at radius 1 is 1.29 bits per heavy atom. The first-order chi connectivity index (χ1) is 3.39. The predicted molar refractivity (Wildman–Crippen MR) is 30.5 cm³/mol. The maximum atomic E-state index is 5.69. The number of nitrogens with one attached hydrogen (secondary N) is 2. The second kappa shape index (κ2) is 2.50. The van der Waals surface area contributed by atoms with Crippen molar-refractivity contribution in [1.29, 1.82) is 0 Å². The van der Waals surface area contributed by atoms with Crippen LogP contribution in [0.15, 0.2) is 0 Å². The van der Waals surface area contributed by atoms with Crippen molar-refractivity contribution in [3.8, 4) is 0 Å². The van der Waals surface area contributed by atoms with Crippen LogP contribution in [0, 0.1) is 0 Å². The lowest BCUT2D eigenvalue weighted by Crippen LogP contribution is -2.44. The van der Waals surface area contributed by atoms with Crippen LogP contribution >= 0.6 is 11.6 Å². The van der Waals surface area contributed by atoms with E-state index in [-0.39, 0.29) is 5.38 Å². The number of hydrogen-bond donors (Lipinski definition) is 2. The Kier molecular flexibility index (Phi) is 1.91. The van der Waals surface area contributed by atoms with Gasteiger partial charge < -0.3 is 10.6 Å². The molecule has 0 saturated carbocycles. The Balaban J connectivity index is 2.12. The number of rotatable bonds is 0. The first-order valence-electron chi connectivity index (χ1n) is 2.45. The fraction of sp³-hybridized carbons (Fsp3) is 1.00. The van der Waals surface area contributed by atoms with Gasteiger partial charge in [-0.2, -0.15) is 0 Å². The average molecular weight is 121 g/mol. The summed E-state index contributed by atoms with van der Waals surface area (Å²) in [5.41, 5.74) is 0. The van der Waals surface area contributed by atoms with Crippen LogP contribution in [0.5, 0.6) is 0 Å². The van der Waals surface area contributed by atoms with Gasteiger partial charge in [0.1, 0.15) is 0 Å². The minimum absolute atomic E-state index is 0.286. The predicted octanol–water partition coefficient (Wildman–Crippen LogP) is -0.256. The molecule has 3 heteroatoms. The molecule has 1 rings (SSSR count). The summed E-state index contributed by atoms with van der Waals surface area (Å²) in [4.78, 5) is 0. The van der Waals surface area contributed by atoms with Gasteiger partial charge in [0.05, 0.1) is 5.38 Å². The second-order valence-corrected chi connectivity index (χ2v) is 2.30. The van der Waals surface area contributed by atoms with Gasteiger partial charge in [-0.25, -0.2) is 0 Å². The molecule has 1 aliphatic rings. The summed E-state index contributed by atoms with van der Waals surface area (Å²) in [7, 11) is 0. The molecule has 42 valence electrons. The molecule has 7 heavy (non-hydrogen) atoms.